The van der Waals surface area contributed by atoms with Crippen molar-refractivity contribution < 1.29 is 14.3 Å². The first-order valence-corrected chi connectivity index (χ1v) is 14.7. The third kappa shape index (κ3) is 19.0. The number of hydrogen-bond acceptors (Lipinski definition) is 4. The molecule has 1 N–H and O–H groups in total. The molecule has 0 aromatic rings. The average molecular weight is 479 g/mol. The van der Waals surface area contributed by atoms with E-state index < -0.39 is 0 Å². The maximum atomic E-state index is 12.1. The minimum atomic E-state index is -0.253. The molecule has 34 heavy (non-hydrogen) atoms. The summed E-state index contributed by atoms with van der Waals surface area (Å²) >= 11 is 0. The van der Waals surface area contributed by atoms with Crippen LogP contribution in [0.5, 0.6) is 0 Å². The van der Waals surface area contributed by atoms with E-state index in [4.69, 9.17) is 4.74 Å². The zero-order valence-corrected chi connectivity index (χ0v) is 22.3. The third-order valence-corrected chi connectivity index (χ3v) is 7.25. The van der Waals surface area contributed by atoms with Crippen LogP contribution in [0.4, 0.5) is 4.79 Å². The Bertz CT molecular complexity index is 520. The van der Waals surface area contributed by atoms with Crippen LogP contribution in [-0.4, -0.2) is 31.4 Å². The fraction of sp³-hybridized carbons (Fsp3) is 0.931. The van der Waals surface area contributed by atoms with Crippen LogP contribution in [0.1, 0.15) is 148 Å². The smallest absolute Gasteiger partial charge is 0.407 e. The molecule has 0 aliphatic heterocycles. The molecule has 1 saturated carbocycles. The largest absolute Gasteiger partial charge is 0.446 e. The van der Waals surface area contributed by atoms with Crippen LogP contribution >= 0.6 is 0 Å². The Balaban J connectivity index is 1.92. The number of rotatable bonds is 22. The van der Waals surface area contributed by atoms with E-state index in [1.54, 1.807) is 6.08 Å². The Morgan fingerprint density at radius 3 is 2.06 bits per heavy atom. The molecule has 5 heteroatoms. The predicted molar refractivity (Wildman–Crippen MR) is 142 cm³/mol. The summed E-state index contributed by atoms with van der Waals surface area (Å²) in [6.07, 6.45) is 29.4. The van der Waals surface area contributed by atoms with Gasteiger partial charge in [-0.25, -0.2) is 14.6 Å². The summed E-state index contributed by atoms with van der Waals surface area (Å²) in [7, 11) is 0. The number of alkyl carbamates (subject to hydrolysis) is 1. The Hall–Kier alpha value is -1.35. The predicted octanol–water partition coefficient (Wildman–Crippen LogP) is 8.65. The van der Waals surface area contributed by atoms with Gasteiger partial charge in [-0.2, -0.15) is 0 Å². The van der Waals surface area contributed by atoms with Crippen molar-refractivity contribution in [2.45, 2.75) is 154 Å². The Labute approximate surface area is 210 Å². The lowest BCUT2D eigenvalue weighted by molar-refractivity contribution is 0.0576. The van der Waals surface area contributed by atoms with Gasteiger partial charge in [0.25, 0.3) is 0 Å². The van der Waals surface area contributed by atoms with E-state index >= 15 is 0 Å². The van der Waals surface area contributed by atoms with Crippen molar-refractivity contribution in [3.63, 3.8) is 0 Å². The second kappa shape index (κ2) is 23.4. The number of carbonyl (C=O) groups excluding carboxylic acids is 2. The van der Waals surface area contributed by atoms with Crippen molar-refractivity contribution in [3.05, 3.63) is 0 Å². The summed E-state index contributed by atoms with van der Waals surface area (Å²) in [5.41, 5.74) is 0. The maximum absolute atomic E-state index is 12.1. The molecule has 2 unspecified atom stereocenters. The Morgan fingerprint density at radius 1 is 0.824 bits per heavy atom. The van der Waals surface area contributed by atoms with Crippen LogP contribution in [0.2, 0.25) is 0 Å². The van der Waals surface area contributed by atoms with Gasteiger partial charge in [0.2, 0.25) is 6.08 Å². The molecule has 0 saturated heterocycles. The van der Waals surface area contributed by atoms with Crippen molar-refractivity contribution in [3.8, 4) is 0 Å². The SMILES string of the molecule is CCCCCCCCCCCCCCCC1CCCC(OC(=O)NCCCCCCN=C=O)C1. The number of isocyanates is 1. The van der Waals surface area contributed by atoms with Crippen molar-refractivity contribution in [2.75, 3.05) is 13.1 Å². The van der Waals surface area contributed by atoms with Crippen LogP contribution in [0, 0.1) is 5.92 Å². The van der Waals surface area contributed by atoms with Gasteiger partial charge in [-0.05, 0) is 38.0 Å². The summed E-state index contributed by atoms with van der Waals surface area (Å²) in [6.45, 7) is 3.50. The number of unbranched alkanes of at least 4 members (excludes halogenated alkanes) is 15. The number of carbonyl (C=O) groups is 1. The minimum Gasteiger partial charge on any atom is -0.446 e. The highest BCUT2D eigenvalue weighted by Gasteiger charge is 2.24. The summed E-state index contributed by atoms with van der Waals surface area (Å²) in [5.74, 6) is 0.730. The molecule has 1 aliphatic carbocycles. The first kappa shape index (κ1) is 30.7. The van der Waals surface area contributed by atoms with Crippen LogP contribution in [-0.2, 0) is 9.53 Å². The van der Waals surface area contributed by atoms with Crippen LogP contribution in [0.15, 0.2) is 4.99 Å². The van der Waals surface area contributed by atoms with Gasteiger partial charge in [0, 0.05) is 6.54 Å². The molecule has 0 heterocycles. The van der Waals surface area contributed by atoms with Gasteiger partial charge in [-0.1, -0.05) is 116 Å². The number of aliphatic imine (C=N–C) groups is 1. The van der Waals surface area contributed by atoms with Gasteiger partial charge in [0.1, 0.15) is 6.10 Å². The Morgan fingerprint density at radius 2 is 1.41 bits per heavy atom. The fourth-order valence-electron chi connectivity index (χ4n) is 5.16. The molecular weight excluding hydrogens is 424 g/mol. The third-order valence-electron chi connectivity index (χ3n) is 7.25. The molecule has 1 aliphatic rings. The lowest BCUT2D eigenvalue weighted by Crippen LogP contribution is -2.32. The molecule has 0 radical (unpaired) electrons. The number of nitrogens with one attached hydrogen (secondary N) is 1. The quantitative estimate of drug-likeness (QED) is 0.0961. The molecule has 198 valence electrons. The number of ether oxygens (including phenoxy) is 1. The first-order valence-electron chi connectivity index (χ1n) is 14.7. The van der Waals surface area contributed by atoms with Gasteiger partial charge in [-0.3, -0.25) is 0 Å². The number of amides is 1. The Kier molecular flexibility index (Phi) is 21.1. The summed E-state index contributed by atoms with van der Waals surface area (Å²) in [4.78, 5) is 25.6. The first-order chi connectivity index (χ1) is 16.8. The fourth-order valence-corrected chi connectivity index (χ4v) is 5.16. The van der Waals surface area contributed by atoms with Crippen molar-refractivity contribution in [2.24, 2.45) is 10.9 Å². The van der Waals surface area contributed by atoms with Crippen molar-refractivity contribution >= 4 is 12.2 Å². The van der Waals surface area contributed by atoms with E-state index in [-0.39, 0.29) is 12.2 Å². The number of hydrogen-bond donors (Lipinski definition) is 1. The second-order valence-corrected chi connectivity index (χ2v) is 10.4. The lowest BCUT2D eigenvalue weighted by atomic mass is 9.84. The van der Waals surface area contributed by atoms with Crippen LogP contribution < -0.4 is 5.32 Å². The molecule has 2 atom stereocenters. The highest BCUT2D eigenvalue weighted by molar-refractivity contribution is 5.67. The zero-order valence-electron chi connectivity index (χ0n) is 22.3. The topological polar surface area (TPSA) is 67.8 Å². The van der Waals surface area contributed by atoms with Gasteiger partial charge < -0.3 is 10.1 Å². The van der Waals surface area contributed by atoms with Crippen molar-refractivity contribution in [1.82, 2.24) is 5.32 Å². The molecule has 1 amide bonds. The lowest BCUT2D eigenvalue weighted by Gasteiger charge is -2.29. The molecule has 0 aromatic heterocycles. The molecular formula is C29H54N2O3. The highest BCUT2D eigenvalue weighted by Crippen LogP contribution is 2.30. The van der Waals surface area contributed by atoms with Crippen molar-refractivity contribution in [1.29, 1.82) is 0 Å². The molecule has 5 nitrogen and oxygen atoms in total. The summed E-state index contributed by atoms with van der Waals surface area (Å²) in [5, 5.41) is 2.90. The average Bonchev–Trinajstić information content (AvgIpc) is 2.84. The van der Waals surface area contributed by atoms with E-state index in [2.05, 4.69) is 17.2 Å². The summed E-state index contributed by atoms with van der Waals surface area (Å²) in [6, 6.07) is 0. The van der Waals surface area contributed by atoms with Gasteiger partial charge in [0.15, 0.2) is 0 Å². The van der Waals surface area contributed by atoms with Crippen LogP contribution in [0.3, 0.4) is 0 Å². The van der Waals surface area contributed by atoms with Gasteiger partial charge in [-0.15, -0.1) is 0 Å². The molecule has 0 bridgehead atoms. The van der Waals surface area contributed by atoms with Gasteiger partial charge in [0.05, 0.1) is 6.54 Å². The van der Waals surface area contributed by atoms with Gasteiger partial charge >= 0.3 is 6.09 Å². The second-order valence-electron chi connectivity index (χ2n) is 10.4. The van der Waals surface area contributed by atoms with E-state index in [0.717, 1.165) is 44.4 Å². The molecule has 1 fully saturated rings. The number of nitrogens with zero attached hydrogens (tertiary/aromatic N) is 1. The molecule has 1 rings (SSSR count). The van der Waals surface area contributed by atoms with E-state index in [1.165, 1.54) is 103 Å². The molecule has 0 aromatic carbocycles. The standard InChI is InChI=1S/C29H54N2O3/c1-2-3-4-5-6-7-8-9-10-11-12-13-16-20-27-21-19-22-28(25-27)34-29(33)31-24-18-15-14-17-23-30-26-32/h27-28H,2-25H2,1H3,(H,31,33). The van der Waals surface area contributed by atoms with E-state index in [0.29, 0.717) is 13.1 Å². The summed E-state index contributed by atoms with van der Waals surface area (Å²) < 4.78 is 5.69. The zero-order chi connectivity index (χ0) is 24.5. The maximum Gasteiger partial charge on any atom is 0.407 e. The normalized spacial score (nSPS) is 17.8. The minimum absolute atomic E-state index is 0.0990. The molecule has 0 spiro atoms. The van der Waals surface area contributed by atoms with Crippen LogP contribution in [0.25, 0.3) is 0 Å². The van der Waals surface area contributed by atoms with E-state index in [9.17, 15) is 9.59 Å². The monoisotopic (exact) mass is 478 g/mol. The highest BCUT2D eigenvalue weighted by atomic mass is 16.6. The van der Waals surface area contributed by atoms with E-state index in [1.807, 2.05) is 0 Å².